The topological polar surface area (TPSA) is 168 Å². The third kappa shape index (κ3) is 9.16. The number of rotatable bonds is 14. The van der Waals surface area contributed by atoms with Crippen molar-refractivity contribution in [3.63, 3.8) is 0 Å². The zero-order chi connectivity index (χ0) is 37.2. The van der Waals surface area contributed by atoms with Crippen molar-refractivity contribution in [3.8, 4) is 6.07 Å². The SMILES string of the molecule is CCOC1(O[C@@H]2[C@@H](O)[C@H](O)[C@H]3OC4(CCCC4)O[C@H]3[C@H]2OP(=O)(OCCC#N)OCCC2(C)OCC(C)(C)CO2)CCN(c2ccc(Cl)cc2)CC1. The summed E-state index contributed by atoms with van der Waals surface area (Å²) in [6.45, 7) is 9.73. The number of halogens is 1. The van der Waals surface area contributed by atoms with E-state index in [4.69, 9.17) is 53.6 Å². The Kier molecular flexibility index (Phi) is 12.7. The molecule has 2 saturated carbocycles. The molecule has 2 aliphatic carbocycles. The van der Waals surface area contributed by atoms with Crippen LogP contribution in [-0.4, -0.2) is 110 Å². The summed E-state index contributed by atoms with van der Waals surface area (Å²) in [6.07, 6.45) is -3.71. The van der Waals surface area contributed by atoms with Crippen LogP contribution in [-0.2, 0) is 46.6 Å². The van der Waals surface area contributed by atoms with Gasteiger partial charge in [-0.1, -0.05) is 25.4 Å². The van der Waals surface area contributed by atoms with Crippen molar-refractivity contribution in [1.82, 2.24) is 0 Å². The van der Waals surface area contributed by atoms with Crippen LogP contribution in [0.5, 0.6) is 0 Å². The molecule has 14 nitrogen and oxygen atoms in total. The molecule has 292 valence electrons. The zero-order valence-corrected chi connectivity index (χ0v) is 32.2. The van der Waals surface area contributed by atoms with E-state index in [2.05, 4.69) is 4.90 Å². The molecule has 16 heteroatoms. The van der Waals surface area contributed by atoms with Gasteiger partial charge in [0.25, 0.3) is 0 Å². The van der Waals surface area contributed by atoms with Gasteiger partial charge in [-0.15, -0.1) is 0 Å². The second-order valence-electron chi connectivity index (χ2n) is 15.4. The van der Waals surface area contributed by atoms with Crippen molar-refractivity contribution in [2.45, 2.75) is 133 Å². The van der Waals surface area contributed by atoms with Gasteiger partial charge in [-0.05, 0) is 51.0 Å². The summed E-state index contributed by atoms with van der Waals surface area (Å²) in [5, 5.41) is 33.2. The minimum absolute atomic E-state index is 0.0754. The van der Waals surface area contributed by atoms with Crippen LogP contribution in [0.15, 0.2) is 24.3 Å². The smallest absolute Gasteiger partial charge is 0.387 e. The zero-order valence-electron chi connectivity index (χ0n) is 30.6. The lowest BCUT2D eigenvalue weighted by Crippen LogP contribution is -2.66. The molecule has 1 unspecified atom stereocenters. The standard InChI is InChI=1S/C36H54ClN2O12P/c1-5-43-35(15-19-39(20-16-35)26-11-9-25(37)10-12-26)48-30-28(41)27(40)29-31(50-36(49-29)13-6-7-14-36)32(30)51-52(42,46-21-8-18-38)47-22-17-34(4)44-23-33(2,3)24-45-34/h9-12,27-32,40-41H,5-8,13-17,19-24H2,1-4H3/t27-,28-,29+,30+,31+,32-,52?/m0/s1. The van der Waals surface area contributed by atoms with Gasteiger partial charge in [0.2, 0.25) is 0 Å². The van der Waals surface area contributed by atoms with Crippen molar-refractivity contribution >= 4 is 25.1 Å². The number of piperidine rings is 1. The predicted molar refractivity (Wildman–Crippen MR) is 188 cm³/mol. The molecular formula is C36H54ClN2O12P. The Bertz CT molecular complexity index is 1420. The first-order chi connectivity index (χ1) is 24.7. The molecule has 5 aliphatic rings. The fourth-order valence-electron chi connectivity index (χ4n) is 7.63. The number of phosphoric acid groups is 1. The van der Waals surface area contributed by atoms with Crippen LogP contribution < -0.4 is 4.90 Å². The number of anilines is 1. The average molecular weight is 773 g/mol. The van der Waals surface area contributed by atoms with E-state index < -0.39 is 61.8 Å². The molecule has 3 aliphatic heterocycles. The van der Waals surface area contributed by atoms with Crippen LogP contribution in [0.1, 0.15) is 79.1 Å². The Morgan fingerprint density at radius 2 is 1.58 bits per heavy atom. The Balaban J connectivity index is 1.25. The second kappa shape index (κ2) is 16.4. The minimum atomic E-state index is -4.49. The van der Waals surface area contributed by atoms with Gasteiger partial charge in [0.05, 0.1) is 38.9 Å². The summed E-state index contributed by atoms with van der Waals surface area (Å²) in [4.78, 5) is 2.19. The molecule has 52 heavy (non-hydrogen) atoms. The minimum Gasteiger partial charge on any atom is -0.387 e. The van der Waals surface area contributed by atoms with E-state index in [0.29, 0.717) is 63.6 Å². The fourth-order valence-corrected chi connectivity index (χ4v) is 9.12. The van der Waals surface area contributed by atoms with Crippen LogP contribution in [0.4, 0.5) is 5.69 Å². The molecule has 0 radical (unpaired) electrons. The molecule has 1 aromatic rings. The highest BCUT2D eigenvalue weighted by atomic mass is 35.5. The number of nitriles is 1. The van der Waals surface area contributed by atoms with Gasteiger partial charge >= 0.3 is 7.82 Å². The second-order valence-corrected chi connectivity index (χ2v) is 17.4. The van der Waals surface area contributed by atoms with E-state index in [1.807, 2.05) is 51.1 Å². The van der Waals surface area contributed by atoms with Crippen molar-refractivity contribution in [1.29, 1.82) is 5.26 Å². The van der Waals surface area contributed by atoms with Gasteiger partial charge in [0.1, 0.15) is 36.6 Å². The molecule has 6 rings (SSSR count). The average Bonchev–Trinajstić information content (AvgIpc) is 3.74. The van der Waals surface area contributed by atoms with Gasteiger partial charge in [-0.25, -0.2) is 4.57 Å². The Hall–Kier alpha value is -1.41. The molecule has 5 fully saturated rings. The maximum atomic E-state index is 14.6. The lowest BCUT2D eigenvalue weighted by molar-refractivity contribution is -0.314. The molecule has 2 N–H and O–H groups in total. The number of aliphatic hydroxyl groups is 2. The number of nitrogens with zero attached hydrogens (tertiary/aromatic N) is 2. The molecule has 3 heterocycles. The Labute approximate surface area is 311 Å². The van der Waals surface area contributed by atoms with Gasteiger partial charge in [0, 0.05) is 67.9 Å². The molecule has 7 atom stereocenters. The summed E-state index contributed by atoms with van der Waals surface area (Å²) in [7, 11) is -4.49. The maximum Gasteiger partial charge on any atom is 0.475 e. The van der Waals surface area contributed by atoms with Crippen LogP contribution in [0.25, 0.3) is 0 Å². The van der Waals surface area contributed by atoms with Crippen molar-refractivity contribution < 1.29 is 56.8 Å². The third-order valence-corrected chi connectivity index (χ3v) is 12.3. The largest absolute Gasteiger partial charge is 0.475 e. The van der Waals surface area contributed by atoms with Crippen molar-refractivity contribution in [2.24, 2.45) is 5.41 Å². The van der Waals surface area contributed by atoms with E-state index >= 15 is 0 Å². The number of aliphatic hydroxyl groups excluding tert-OH is 2. The Morgan fingerprint density at radius 3 is 2.21 bits per heavy atom. The van der Waals surface area contributed by atoms with E-state index in [1.165, 1.54) is 0 Å². The lowest BCUT2D eigenvalue weighted by Gasteiger charge is -2.49. The van der Waals surface area contributed by atoms with Crippen LogP contribution in [0.2, 0.25) is 5.02 Å². The molecule has 1 aromatic carbocycles. The summed E-state index contributed by atoms with van der Waals surface area (Å²) in [6, 6.07) is 9.57. The van der Waals surface area contributed by atoms with Crippen molar-refractivity contribution in [2.75, 3.05) is 51.0 Å². The van der Waals surface area contributed by atoms with Gasteiger partial charge < -0.3 is 43.5 Å². The molecule has 3 saturated heterocycles. The molecule has 0 amide bonds. The molecule has 0 aromatic heterocycles. The normalized spacial score (nSPS) is 33.0. The number of fused-ring (bicyclic) bond motifs is 1. The molecule has 0 bridgehead atoms. The summed E-state index contributed by atoms with van der Waals surface area (Å²) < 4.78 is 70.5. The highest BCUT2D eigenvalue weighted by molar-refractivity contribution is 7.48. The number of ether oxygens (including phenoxy) is 6. The van der Waals surface area contributed by atoms with Gasteiger partial charge in [-0.2, -0.15) is 5.26 Å². The number of benzene rings is 1. The van der Waals surface area contributed by atoms with Crippen LogP contribution in [0.3, 0.4) is 0 Å². The monoisotopic (exact) mass is 772 g/mol. The highest BCUT2D eigenvalue weighted by Gasteiger charge is 2.64. The van der Waals surface area contributed by atoms with Gasteiger partial charge in [-0.3, -0.25) is 13.6 Å². The number of phosphoric ester groups is 1. The van der Waals surface area contributed by atoms with Crippen LogP contribution >= 0.6 is 19.4 Å². The van der Waals surface area contributed by atoms with Crippen molar-refractivity contribution in [3.05, 3.63) is 29.3 Å². The van der Waals surface area contributed by atoms with E-state index in [1.54, 1.807) is 6.92 Å². The maximum absolute atomic E-state index is 14.6. The summed E-state index contributed by atoms with van der Waals surface area (Å²) in [5.74, 6) is -3.16. The van der Waals surface area contributed by atoms with E-state index in [0.717, 1.165) is 18.5 Å². The third-order valence-electron chi connectivity index (χ3n) is 10.6. The van der Waals surface area contributed by atoms with Gasteiger partial charge in [0.15, 0.2) is 17.4 Å². The summed E-state index contributed by atoms with van der Waals surface area (Å²) >= 11 is 6.13. The first kappa shape index (κ1) is 40.3. The molecule has 1 spiro atoms. The quantitative estimate of drug-likeness (QED) is 0.139. The number of hydrogen-bond acceptors (Lipinski definition) is 14. The lowest BCUT2D eigenvalue weighted by atomic mass is 9.84. The first-order valence-corrected chi connectivity index (χ1v) is 20.3. The molecular weight excluding hydrogens is 719 g/mol. The first-order valence-electron chi connectivity index (χ1n) is 18.5. The van der Waals surface area contributed by atoms with Crippen LogP contribution in [0, 0.1) is 16.7 Å². The van der Waals surface area contributed by atoms with E-state index in [-0.39, 0.29) is 31.5 Å². The Morgan fingerprint density at radius 1 is 0.942 bits per heavy atom. The number of hydrogen-bond donors (Lipinski definition) is 2. The predicted octanol–water partition coefficient (Wildman–Crippen LogP) is 5.47. The summed E-state index contributed by atoms with van der Waals surface area (Å²) in [5.41, 5.74) is 0.849. The fraction of sp³-hybridized carbons (Fsp3) is 0.806. The van der Waals surface area contributed by atoms with E-state index in [9.17, 15) is 20.0 Å². The highest BCUT2D eigenvalue weighted by Crippen LogP contribution is 2.56.